The lowest BCUT2D eigenvalue weighted by atomic mass is 10.2. The number of nitrogens with one attached hydrogen (secondary N) is 1. The van der Waals surface area contributed by atoms with Gasteiger partial charge in [0.2, 0.25) is 0 Å². The SMILES string of the molecule is NC(=S)NC(=S)c1ccccc1. The Kier molecular flexibility index (Phi) is 3.13. The van der Waals surface area contributed by atoms with Crippen molar-refractivity contribution in [1.82, 2.24) is 5.32 Å². The molecule has 0 saturated heterocycles. The van der Waals surface area contributed by atoms with E-state index in [4.69, 9.17) is 18.0 Å². The lowest BCUT2D eigenvalue weighted by Gasteiger charge is -2.04. The van der Waals surface area contributed by atoms with E-state index in [0.717, 1.165) is 5.56 Å². The molecule has 0 radical (unpaired) electrons. The van der Waals surface area contributed by atoms with Gasteiger partial charge in [-0.1, -0.05) is 42.5 Å². The largest absolute Gasteiger partial charge is 0.376 e. The van der Waals surface area contributed by atoms with Crippen LogP contribution in [0.25, 0.3) is 0 Å². The van der Waals surface area contributed by atoms with Gasteiger partial charge in [-0.2, -0.15) is 0 Å². The normalized spacial score (nSPS) is 9.00. The van der Waals surface area contributed by atoms with Crippen LogP contribution in [0.3, 0.4) is 0 Å². The molecule has 0 atom stereocenters. The molecule has 0 unspecified atom stereocenters. The first kappa shape index (κ1) is 9.09. The van der Waals surface area contributed by atoms with Gasteiger partial charge < -0.3 is 11.1 Å². The summed E-state index contributed by atoms with van der Waals surface area (Å²) in [6.07, 6.45) is 0. The molecule has 0 heterocycles. The Morgan fingerprint density at radius 3 is 2.25 bits per heavy atom. The molecule has 0 aromatic heterocycles. The second-order valence-electron chi connectivity index (χ2n) is 2.18. The molecular formula is C8H8N2S2. The molecule has 4 heteroatoms. The lowest BCUT2D eigenvalue weighted by molar-refractivity contribution is 1.39. The Morgan fingerprint density at radius 2 is 1.75 bits per heavy atom. The molecule has 0 saturated carbocycles. The summed E-state index contributed by atoms with van der Waals surface area (Å²) >= 11 is 9.67. The standard InChI is InChI=1S/C8H8N2S2/c9-8(12)10-7(11)6-4-2-1-3-5-6/h1-5H,(H3,9,10,11,12). The third-order valence-electron chi connectivity index (χ3n) is 1.27. The third-order valence-corrected chi connectivity index (χ3v) is 1.71. The maximum Gasteiger partial charge on any atom is 0.168 e. The number of rotatable bonds is 1. The van der Waals surface area contributed by atoms with Crippen LogP contribution in [0.2, 0.25) is 0 Å². The van der Waals surface area contributed by atoms with E-state index in [1.807, 2.05) is 30.3 Å². The van der Waals surface area contributed by atoms with Gasteiger partial charge in [-0.25, -0.2) is 0 Å². The summed E-state index contributed by atoms with van der Waals surface area (Å²) in [5, 5.41) is 2.90. The van der Waals surface area contributed by atoms with E-state index in [1.165, 1.54) is 0 Å². The van der Waals surface area contributed by atoms with Crippen LogP contribution in [-0.2, 0) is 0 Å². The van der Waals surface area contributed by atoms with Crippen molar-refractivity contribution in [2.75, 3.05) is 0 Å². The number of benzene rings is 1. The van der Waals surface area contributed by atoms with Gasteiger partial charge in [0.05, 0.1) is 0 Å². The van der Waals surface area contributed by atoms with Crippen molar-refractivity contribution in [3.05, 3.63) is 35.9 Å². The lowest BCUT2D eigenvalue weighted by Crippen LogP contribution is -2.33. The molecule has 0 bridgehead atoms. The molecule has 1 rings (SSSR count). The molecule has 12 heavy (non-hydrogen) atoms. The topological polar surface area (TPSA) is 38.0 Å². The van der Waals surface area contributed by atoms with Gasteiger partial charge >= 0.3 is 0 Å². The fourth-order valence-corrected chi connectivity index (χ4v) is 1.19. The van der Waals surface area contributed by atoms with E-state index in [-0.39, 0.29) is 5.11 Å². The van der Waals surface area contributed by atoms with Crippen LogP contribution in [0.4, 0.5) is 0 Å². The van der Waals surface area contributed by atoms with Crippen LogP contribution in [0.5, 0.6) is 0 Å². The summed E-state index contributed by atoms with van der Waals surface area (Å²) in [5.41, 5.74) is 6.18. The van der Waals surface area contributed by atoms with E-state index in [2.05, 4.69) is 17.5 Å². The Hall–Kier alpha value is -1.00. The minimum absolute atomic E-state index is 0.198. The average molecular weight is 196 g/mol. The van der Waals surface area contributed by atoms with Crippen LogP contribution >= 0.6 is 24.4 Å². The van der Waals surface area contributed by atoms with Crippen molar-refractivity contribution in [3.8, 4) is 0 Å². The molecule has 0 amide bonds. The van der Waals surface area contributed by atoms with Gasteiger partial charge in [0.15, 0.2) is 5.11 Å². The van der Waals surface area contributed by atoms with Crippen LogP contribution in [0.1, 0.15) is 5.56 Å². The summed E-state index contributed by atoms with van der Waals surface area (Å²) in [4.78, 5) is 0.558. The minimum atomic E-state index is 0.198. The van der Waals surface area contributed by atoms with Crippen LogP contribution in [-0.4, -0.2) is 10.1 Å². The summed E-state index contributed by atoms with van der Waals surface area (Å²) in [5.74, 6) is 0. The van der Waals surface area contributed by atoms with E-state index in [1.54, 1.807) is 0 Å². The predicted octanol–water partition coefficient (Wildman–Crippen LogP) is 1.20. The number of hydrogen-bond donors (Lipinski definition) is 2. The second kappa shape index (κ2) is 4.13. The minimum Gasteiger partial charge on any atom is -0.376 e. The summed E-state index contributed by atoms with van der Waals surface area (Å²) in [6.45, 7) is 0. The second-order valence-corrected chi connectivity index (χ2v) is 3.03. The van der Waals surface area contributed by atoms with Crippen LogP contribution < -0.4 is 11.1 Å². The Bertz CT molecular complexity index is 295. The Labute approximate surface area is 81.8 Å². The summed E-state index contributed by atoms with van der Waals surface area (Å²) < 4.78 is 0. The highest BCUT2D eigenvalue weighted by molar-refractivity contribution is 7.82. The number of hydrogen-bond acceptors (Lipinski definition) is 2. The quantitative estimate of drug-likeness (QED) is 0.662. The molecule has 0 aliphatic rings. The average Bonchev–Trinajstić information content (AvgIpc) is 2.05. The summed E-state index contributed by atoms with van der Waals surface area (Å²) in [6, 6.07) is 9.53. The predicted molar refractivity (Wildman–Crippen MR) is 58.1 cm³/mol. The van der Waals surface area contributed by atoms with Gasteiger partial charge in [-0.15, -0.1) is 0 Å². The Morgan fingerprint density at radius 1 is 1.17 bits per heavy atom. The van der Waals surface area contributed by atoms with Gasteiger partial charge in [0, 0.05) is 5.56 Å². The molecule has 3 N–H and O–H groups in total. The van der Waals surface area contributed by atoms with Crippen molar-refractivity contribution in [1.29, 1.82) is 0 Å². The van der Waals surface area contributed by atoms with Gasteiger partial charge in [0.1, 0.15) is 4.99 Å². The summed E-state index contributed by atoms with van der Waals surface area (Å²) in [7, 11) is 0. The van der Waals surface area contributed by atoms with Crippen molar-refractivity contribution >= 4 is 34.5 Å². The zero-order valence-corrected chi connectivity index (χ0v) is 7.91. The molecule has 62 valence electrons. The van der Waals surface area contributed by atoms with Crippen LogP contribution in [0, 0.1) is 0 Å². The smallest absolute Gasteiger partial charge is 0.168 e. The first-order valence-electron chi connectivity index (χ1n) is 3.36. The Balaban J connectivity index is 2.73. The van der Waals surface area contributed by atoms with Crippen molar-refractivity contribution in [2.24, 2.45) is 5.73 Å². The molecule has 2 nitrogen and oxygen atoms in total. The molecule has 0 aliphatic carbocycles. The van der Waals surface area contributed by atoms with E-state index >= 15 is 0 Å². The first-order chi connectivity index (χ1) is 5.70. The van der Waals surface area contributed by atoms with Crippen molar-refractivity contribution in [2.45, 2.75) is 0 Å². The van der Waals surface area contributed by atoms with Crippen LogP contribution in [0.15, 0.2) is 30.3 Å². The molecule has 1 aromatic carbocycles. The third kappa shape index (κ3) is 2.56. The van der Waals surface area contributed by atoms with E-state index in [0.29, 0.717) is 4.99 Å². The number of nitrogens with two attached hydrogens (primary N) is 1. The highest BCUT2D eigenvalue weighted by Crippen LogP contribution is 1.98. The monoisotopic (exact) mass is 196 g/mol. The fourth-order valence-electron chi connectivity index (χ4n) is 0.774. The van der Waals surface area contributed by atoms with E-state index < -0.39 is 0 Å². The maximum absolute atomic E-state index is 5.26. The highest BCUT2D eigenvalue weighted by atomic mass is 32.1. The molecular weight excluding hydrogens is 188 g/mol. The highest BCUT2D eigenvalue weighted by Gasteiger charge is 1.98. The zero-order chi connectivity index (χ0) is 8.97. The fraction of sp³-hybridized carbons (Fsp3) is 0. The van der Waals surface area contributed by atoms with Crippen molar-refractivity contribution in [3.63, 3.8) is 0 Å². The van der Waals surface area contributed by atoms with Crippen molar-refractivity contribution < 1.29 is 0 Å². The van der Waals surface area contributed by atoms with Gasteiger partial charge in [-0.05, 0) is 12.2 Å². The maximum atomic E-state index is 5.26. The van der Waals surface area contributed by atoms with E-state index in [9.17, 15) is 0 Å². The van der Waals surface area contributed by atoms with Gasteiger partial charge in [0.25, 0.3) is 0 Å². The molecule has 0 aliphatic heterocycles. The molecule has 1 aromatic rings. The zero-order valence-electron chi connectivity index (χ0n) is 6.28. The van der Waals surface area contributed by atoms with Gasteiger partial charge in [-0.3, -0.25) is 0 Å². The molecule has 0 spiro atoms. The first-order valence-corrected chi connectivity index (χ1v) is 4.17. The molecule has 0 fully saturated rings. The number of thiocarbonyl (C=S) groups is 2.